The van der Waals surface area contributed by atoms with Crippen LogP contribution in [0.1, 0.15) is 71.0 Å². The highest BCUT2D eigenvalue weighted by molar-refractivity contribution is 5.51. The van der Waals surface area contributed by atoms with Crippen molar-refractivity contribution in [2.75, 3.05) is 31.3 Å². The van der Waals surface area contributed by atoms with E-state index in [9.17, 15) is 0 Å². The average Bonchev–Trinajstić information content (AvgIpc) is 2.92. The molecule has 2 aliphatic rings. The SMILES string of the molecule is CC.CC.Cc1nc(C(C)C)c2c(n1)N1CCCOCC1COC2. The molecule has 2 aliphatic heterocycles. The molecule has 0 N–H and O–H groups in total. The lowest BCUT2D eigenvalue weighted by molar-refractivity contribution is 0.0727. The lowest BCUT2D eigenvalue weighted by Gasteiger charge is -2.29. The molecule has 0 aliphatic carbocycles. The number of anilines is 1. The molecule has 3 rings (SSSR count). The molecule has 5 nitrogen and oxygen atoms in total. The van der Waals surface area contributed by atoms with Crippen LogP contribution < -0.4 is 4.90 Å². The predicted octanol–water partition coefficient (Wildman–Crippen LogP) is 4.09. The number of aromatic nitrogens is 2. The van der Waals surface area contributed by atoms with Gasteiger partial charge in [0.05, 0.1) is 31.6 Å². The number of fused-ring (bicyclic) bond motifs is 3. The van der Waals surface area contributed by atoms with Crippen LogP contribution in [0, 0.1) is 6.92 Å². The Balaban J connectivity index is 0.000000671. The van der Waals surface area contributed by atoms with Gasteiger partial charge >= 0.3 is 0 Å². The molecule has 24 heavy (non-hydrogen) atoms. The van der Waals surface area contributed by atoms with Gasteiger partial charge in [0.25, 0.3) is 0 Å². The molecule has 1 fully saturated rings. The summed E-state index contributed by atoms with van der Waals surface area (Å²) in [5.74, 6) is 2.29. The van der Waals surface area contributed by atoms with Crippen LogP contribution in [0.4, 0.5) is 5.82 Å². The highest BCUT2D eigenvalue weighted by Gasteiger charge is 2.30. The van der Waals surface area contributed by atoms with Crippen LogP contribution in [0.25, 0.3) is 0 Å². The summed E-state index contributed by atoms with van der Waals surface area (Å²) in [5, 5.41) is 0. The fraction of sp³-hybridized carbons (Fsp3) is 0.789. The van der Waals surface area contributed by atoms with Crippen LogP contribution in [0.5, 0.6) is 0 Å². The maximum absolute atomic E-state index is 5.88. The number of ether oxygens (including phenoxy) is 2. The maximum Gasteiger partial charge on any atom is 0.138 e. The van der Waals surface area contributed by atoms with Gasteiger partial charge in [-0.1, -0.05) is 41.5 Å². The molecule has 0 saturated carbocycles. The van der Waals surface area contributed by atoms with Crippen molar-refractivity contribution in [3.05, 3.63) is 17.1 Å². The molecule has 1 aromatic rings. The summed E-state index contributed by atoms with van der Waals surface area (Å²) in [6, 6.07) is 0.271. The molecule has 1 aromatic heterocycles. The van der Waals surface area contributed by atoms with Gasteiger partial charge in [-0.2, -0.15) is 0 Å². The van der Waals surface area contributed by atoms with Crippen molar-refractivity contribution in [3.8, 4) is 0 Å². The minimum atomic E-state index is 0.271. The molecule has 3 heterocycles. The van der Waals surface area contributed by atoms with E-state index >= 15 is 0 Å². The van der Waals surface area contributed by atoms with Gasteiger partial charge in [0.15, 0.2) is 0 Å². The predicted molar refractivity (Wildman–Crippen MR) is 99.8 cm³/mol. The van der Waals surface area contributed by atoms with E-state index in [0.29, 0.717) is 19.1 Å². The molecule has 1 unspecified atom stereocenters. The third-order valence-electron chi connectivity index (χ3n) is 3.94. The van der Waals surface area contributed by atoms with E-state index in [0.717, 1.165) is 49.1 Å². The summed E-state index contributed by atoms with van der Waals surface area (Å²) >= 11 is 0. The molecule has 1 atom stereocenters. The van der Waals surface area contributed by atoms with E-state index in [1.807, 2.05) is 34.6 Å². The number of nitrogens with zero attached hydrogens (tertiary/aromatic N) is 3. The standard InChI is InChI=1S/C15H23N3O2.2C2H6/c1-10(2)14-13-9-20-8-12-7-19-6-4-5-18(12)15(13)17-11(3)16-14;2*1-2/h10,12H,4-9H2,1-3H3;2*1-2H3. The Morgan fingerprint density at radius 3 is 2.38 bits per heavy atom. The van der Waals surface area contributed by atoms with Crippen molar-refractivity contribution in [3.63, 3.8) is 0 Å². The van der Waals surface area contributed by atoms with Gasteiger partial charge in [-0.3, -0.25) is 0 Å². The summed E-state index contributed by atoms with van der Waals surface area (Å²) in [7, 11) is 0. The van der Waals surface area contributed by atoms with Crippen LogP contribution in [0.15, 0.2) is 0 Å². The van der Waals surface area contributed by atoms with E-state index in [-0.39, 0.29) is 6.04 Å². The molecule has 0 radical (unpaired) electrons. The quantitative estimate of drug-likeness (QED) is 0.772. The second kappa shape index (κ2) is 10.6. The highest BCUT2D eigenvalue weighted by Crippen LogP contribution is 2.31. The van der Waals surface area contributed by atoms with Crippen molar-refractivity contribution < 1.29 is 9.47 Å². The van der Waals surface area contributed by atoms with Gasteiger partial charge in [0.1, 0.15) is 11.6 Å². The van der Waals surface area contributed by atoms with Gasteiger partial charge in [0.2, 0.25) is 0 Å². The lowest BCUT2D eigenvalue weighted by Crippen LogP contribution is -2.40. The minimum absolute atomic E-state index is 0.271. The van der Waals surface area contributed by atoms with E-state index in [2.05, 4.69) is 23.7 Å². The van der Waals surface area contributed by atoms with Crippen LogP contribution >= 0.6 is 0 Å². The summed E-state index contributed by atoms with van der Waals surface area (Å²) in [5.41, 5.74) is 2.29. The summed E-state index contributed by atoms with van der Waals surface area (Å²) in [6.45, 7) is 18.2. The van der Waals surface area contributed by atoms with Crippen LogP contribution in [-0.2, 0) is 16.1 Å². The molecule has 0 spiro atoms. The average molecular weight is 338 g/mol. The Morgan fingerprint density at radius 2 is 1.71 bits per heavy atom. The molecular weight excluding hydrogens is 302 g/mol. The first-order valence-corrected chi connectivity index (χ1v) is 9.46. The molecule has 0 bridgehead atoms. The second-order valence-electron chi connectivity index (χ2n) is 5.90. The lowest BCUT2D eigenvalue weighted by atomic mass is 10.0. The maximum atomic E-state index is 5.88. The van der Waals surface area contributed by atoms with E-state index in [1.165, 1.54) is 0 Å². The van der Waals surface area contributed by atoms with Gasteiger partial charge in [-0.25, -0.2) is 9.97 Å². The summed E-state index contributed by atoms with van der Waals surface area (Å²) in [6.07, 6.45) is 1.04. The van der Waals surface area contributed by atoms with E-state index in [1.54, 1.807) is 0 Å². The first-order chi connectivity index (χ1) is 11.7. The Bertz CT molecular complexity index is 492. The smallest absolute Gasteiger partial charge is 0.138 e. The number of hydrogen-bond donors (Lipinski definition) is 0. The van der Waals surface area contributed by atoms with Crippen molar-refractivity contribution >= 4 is 5.82 Å². The molecule has 0 aromatic carbocycles. The second-order valence-corrected chi connectivity index (χ2v) is 5.90. The Morgan fingerprint density at radius 1 is 1.04 bits per heavy atom. The van der Waals surface area contributed by atoms with Crippen molar-refractivity contribution in [2.45, 2.75) is 73.5 Å². The van der Waals surface area contributed by atoms with Gasteiger partial charge < -0.3 is 14.4 Å². The molecule has 0 amide bonds. The topological polar surface area (TPSA) is 47.5 Å². The van der Waals surface area contributed by atoms with Gasteiger partial charge in [0, 0.05) is 18.7 Å². The van der Waals surface area contributed by atoms with Gasteiger partial charge in [-0.15, -0.1) is 0 Å². The third-order valence-corrected chi connectivity index (χ3v) is 3.94. The fourth-order valence-corrected chi connectivity index (χ4v) is 3.00. The summed E-state index contributed by atoms with van der Waals surface area (Å²) < 4.78 is 11.6. The van der Waals surface area contributed by atoms with E-state index < -0.39 is 0 Å². The molecule has 5 heteroatoms. The zero-order valence-electron chi connectivity index (χ0n) is 16.6. The Kier molecular flexibility index (Phi) is 9.22. The van der Waals surface area contributed by atoms with E-state index in [4.69, 9.17) is 14.5 Å². The van der Waals surface area contributed by atoms with Crippen molar-refractivity contribution in [1.29, 1.82) is 0 Å². The van der Waals surface area contributed by atoms with Crippen LogP contribution in [0.3, 0.4) is 0 Å². The largest absolute Gasteiger partial charge is 0.379 e. The molecular formula is C19H35N3O2. The zero-order valence-corrected chi connectivity index (χ0v) is 16.6. The van der Waals surface area contributed by atoms with Gasteiger partial charge in [-0.05, 0) is 19.3 Å². The summed E-state index contributed by atoms with van der Waals surface area (Å²) in [4.78, 5) is 11.7. The van der Waals surface area contributed by atoms with Crippen LogP contribution in [0.2, 0.25) is 0 Å². The molecule has 138 valence electrons. The highest BCUT2D eigenvalue weighted by atomic mass is 16.5. The van der Waals surface area contributed by atoms with Crippen LogP contribution in [-0.4, -0.2) is 42.4 Å². The Hall–Kier alpha value is -1.20. The monoisotopic (exact) mass is 337 g/mol. The Labute approximate surface area is 147 Å². The zero-order chi connectivity index (χ0) is 18.1. The minimum Gasteiger partial charge on any atom is -0.379 e. The first kappa shape index (κ1) is 20.8. The number of rotatable bonds is 1. The fourth-order valence-electron chi connectivity index (χ4n) is 3.00. The number of aryl methyl sites for hydroxylation is 1. The van der Waals surface area contributed by atoms with Crippen molar-refractivity contribution in [2.24, 2.45) is 0 Å². The number of hydrogen-bond acceptors (Lipinski definition) is 5. The first-order valence-electron chi connectivity index (χ1n) is 9.46. The third kappa shape index (κ3) is 4.90. The van der Waals surface area contributed by atoms with Crippen molar-refractivity contribution in [1.82, 2.24) is 9.97 Å². The normalized spacial score (nSPS) is 19.7. The molecule has 1 saturated heterocycles.